The lowest BCUT2D eigenvalue weighted by atomic mass is 10.1. The highest BCUT2D eigenvalue weighted by Crippen LogP contribution is 2.26. The normalized spacial score (nSPS) is 11.2. The van der Waals surface area contributed by atoms with Crippen LogP contribution < -0.4 is 0 Å². The van der Waals surface area contributed by atoms with Gasteiger partial charge in [0.05, 0.1) is 4.88 Å². The van der Waals surface area contributed by atoms with E-state index in [2.05, 4.69) is 29.2 Å². The van der Waals surface area contributed by atoms with E-state index in [4.69, 9.17) is 0 Å². The summed E-state index contributed by atoms with van der Waals surface area (Å²) in [5, 5.41) is 1.14. The molecule has 0 saturated carbocycles. The molecule has 0 N–H and O–H groups in total. The Bertz CT molecular complexity index is 793. The molecule has 0 unspecified atom stereocenters. The summed E-state index contributed by atoms with van der Waals surface area (Å²) in [5.74, 6) is 0.138. The van der Waals surface area contributed by atoms with Crippen molar-refractivity contribution in [2.75, 3.05) is 33.7 Å². The Labute approximate surface area is 153 Å². The van der Waals surface area contributed by atoms with Crippen LogP contribution in [0.5, 0.6) is 0 Å². The highest BCUT2D eigenvalue weighted by Gasteiger charge is 2.18. The molecule has 0 aliphatic heterocycles. The first-order valence-corrected chi connectivity index (χ1v) is 9.41. The summed E-state index contributed by atoms with van der Waals surface area (Å²) in [4.78, 5) is 18.0. The zero-order valence-electron chi connectivity index (χ0n) is 14.8. The second-order valence-electron chi connectivity index (χ2n) is 6.48. The molecule has 1 aromatic heterocycles. The quantitative estimate of drug-likeness (QED) is 0.638. The fraction of sp³-hybridized carbons (Fsp3) is 0.286. The number of carbonyl (C=O) groups excluding carboxylic acids is 1. The molecule has 0 spiro atoms. The van der Waals surface area contributed by atoms with Crippen molar-refractivity contribution in [3.63, 3.8) is 0 Å². The summed E-state index contributed by atoms with van der Waals surface area (Å²) in [6.45, 7) is 2.35. The van der Waals surface area contributed by atoms with E-state index >= 15 is 0 Å². The molecule has 0 fully saturated rings. The van der Waals surface area contributed by atoms with Gasteiger partial charge in [-0.3, -0.25) is 4.79 Å². The first kappa shape index (κ1) is 17.6. The van der Waals surface area contributed by atoms with Crippen LogP contribution in [0.25, 0.3) is 10.1 Å². The highest BCUT2D eigenvalue weighted by atomic mass is 32.1. The smallest absolute Gasteiger partial charge is 0.264 e. The molecule has 3 rings (SSSR count). The van der Waals surface area contributed by atoms with Crippen LogP contribution in [-0.2, 0) is 6.42 Å². The molecular weight excluding hydrogens is 328 g/mol. The second-order valence-corrected chi connectivity index (χ2v) is 7.56. The van der Waals surface area contributed by atoms with Crippen molar-refractivity contribution >= 4 is 27.3 Å². The average molecular weight is 353 g/mol. The van der Waals surface area contributed by atoms with Crippen molar-refractivity contribution < 1.29 is 4.79 Å². The molecule has 3 aromatic rings. The third kappa shape index (κ3) is 4.68. The average Bonchev–Trinajstić information content (AvgIpc) is 3.06. The summed E-state index contributed by atoms with van der Waals surface area (Å²) in [5.41, 5.74) is 1.27. The minimum atomic E-state index is 0.138. The number of hydrogen-bond acceptors (Lipinski definition) is 3. The van der Waals surface area contributed by atoms with Crippen LogP contribution in [-0.4, -0.2) is 49.4 Å². The Morgan fingerprint density at radius 2 is 1.64 bits per heavy atom. The Balaban J connectivity index is 1.75. The van der Waals surface area contributed by atoms with Crippen molar-refractivity contribution in [3.05, 3.63) is 71.1 Å². The first-order valence-electron chi connectivity index (χ1n) is 8.60. The maximum absolute atomic E-state index is 13.1. The summed E-state index contributed by atoms with van der Waals surface area (Å²) in [6.07, 6.45) is 0.880. The number of carbonyl (C=O) groups is 1. The van der Waals surface area contributed by atoms with E-state index in [1.54, 1.807) is 11.3 Å². The lowest BCUT2D eigenvalue weighted by molar-refractivity contribution is 0.0752. The molecule has 1 heterocycles. The lowest BCUT2D eigenvalue weighted by Crippen LogP contribution is -2.37. The molecule has 2 aromatic carbocycles. The molecule has 130 valence electrons. The predicted molar refractivity (Wildman–Crippen MR) is 106 cm³/mol. The number of rotatable bonds is 7. The number of amides is 1. The molecule has 3 nitrogen and oxygen atoms in total. The first-order chi connectivity index (χ1) is 12.1. The zero-order valence-corrected chi connectivity index (χ0v) is 15.6. The van der Waals surface area contributed by atoms with Crippen LogP contribution in [0.2, 0.25) is 0 Å². The number of likely N-dealkylation sites (N-methyl/N-ethyl adjacent to an activating group) is 1. The number of nitrogens with zero attached hydrogens (tertiary/aromatic N) is 2. The lowest BCUT2D eigenvalue weighted by Gasteiger charge is -2.24. The van der Waals surface area contributed by atoms with E-state index in [1.807, 2.05) is 55.4 Å². The Hall–Kier alpha value is -2.17. The summed E-state index contributed by atoms with van der Waals surface area (Å²) < 4.78 is 1.17. The van der Waals surface area contributed by atoms with Crippen molar-refractivity contribution in [1.29, 1.82) is 0 Å². The van der Waals surface area contributed by atoms with Gasteiger partial charge in [-0.15, -0.1) is 11.3 Å². The van der Waals surface area contributed by atoms with Crippen molar-refractivity contribution in [3.8, 4) is 0 Å². The summed E-state index contributed by atoms with van der Waals surface area (Å²) in [7, 11) is 4.08. The standard InChI is InChI=1S/C21H24N2OS/c1-22(2)14-15-23(13-12-17-8-4-3-5-9-17)21(24)20-16-18-10-6-7-11-19(18)25-20/h3-11,16H,12-15H2,1-2H3. The molecule has 25 heavy (non-hydrogen) atoms. The van der Waals surface area contributed by atoms with E-state index in [0.29, 0.717) is 0 Å². The van der Waals surface area contributed by atoms with E-state index in [-0.39, 0.29) is 5.91 Å². The number of thiophene rings is 1. The van der Waals surface area contributed by atoms with E-state index in [1.165, 1.54) is 10.3 Å². The summed E-state index contributed by atoms with van der Waals surface area (Å²) >= 11 is 1.58. The van der Waals surface area contributed by atoms with Gasteiger partial charge in [0.15, 0.2) is 0 Å². The van der Waals surface area contributed by atoms with Gasteiger partial charge in [0.1, 0.15) is 0 Å². The van der Waals surface area contributed by atoms with Gasteiger partial charge in [0, 0.05) is 24.3 Å². The van der Waals surface area contributed by atoms with Crippen LogP contribution in [0.3, 0.4) is 0 Å². The van der Waals surface area contributed by atoms with Crippen molar-refractivity contribution in [1.82, 2.24) is 9.80 Å². The van der Waals surface area contributed by atoms with Gasteiger partial charge in [-0.05, 0) is 43.6 Å². The minimum absolute atomic E-state index is 0.138. The molecule has 0 radical (unpaired) electrons. The molecule has 0 saturated heterocycles. The summed E-state index contributed by atoms with van der Waals surface area (Å²) in [6, 6.07) is 20.6. The molecule has 0 bridgehead atoms. The molecule has 0 aliphatic rings. The van der Waals surface area contributed by atoms with Gasteiger partial charge >= 0.3 is 0 Å². The van der Waals surface area contributed by atoms with E-state index in [9.17, 15) is 4.79 Å². The van der Waals surface area contributed by atoms with E-state index < -0.39 is 0 Å². The molecule has 0 aliphatic carbocycles. The van der Waals surface area contributed by atoms with Crippen molar-refractivity contribution in [2.24, 2.45) is 0 Å². The van der Waals surface area contributed by atoms with Crippen LogP contribution >= 0.6 is 11.3 Å². The number of hydrogen-bond donors (Lipinski definition) is 0. The zero-order chi connectivity index (χ0) is 17.6. The van der Waals surface area contributed by atoms with Gasteiger partial charge in [-0.1, -0.05) is 48.5 Å². The third-order valence-electron chi connectivity index (χ3n) is 4.25. The minimum Gasteiger partial charge on any atom is -0.336 e. The Morgan fingerprint density at radius 3 is 2.36 bits per heavy atom. The van der Waals surface area contributed by atoms with Gasteiger partial charge < -0.3 is 9.80 Å². The van der Waals surface area contributed by atoms with Gasteiger partial charge in [0.2, 0.25) is 0 Å². The van der Waals surface area contributed by atoms with Crippen LogP contribution in [0.1, 0.15) is 15.2 Å². The molecule has 4 heteroatoms. The van der Waals surface area contributed by atoms with Crippen LogP contribution in [0.15, 0.2) is 60.7 Å². The van der Waals surface area contributed by atoms with Crippen LogP contribution in [0, 0.1) is 0 Å². The SMILES string of the molecule is CN(C)CCN(CCc1ccccc1)C(=O)c1cc2ccccc2s1. The second kappa shape index (κ2) is 8.28. The highest BCUT2D eigenvalue weighted by molar-refractivity contribution is 7.20. The van der Waals surface area contributed by atoms with E-state index in [0.717, 1.165) is 36.3 Å². The Kier molecular flexibility index (Phi) is 5.84. The fourth-order valence-corrected chi connectivity index (χ4v) is 3.82. The topological polar surface area (TPSA) is 23.6 Å². The Morgan fingerprint density at radius 1 is 0.920 bits per heavy atom. The molecule has 1 amide bonds. The van der Waals surface area contributed by atoms with Crippen LogP contribution in [0.4, 0.5) is 0 Å². The number of benzene rings is 2. The fourth-order valence-electron chi connectivity index (χ4n) is 2.79. The monoisotopic (exact) mass is 352 g/mol. The largest absolute Gasteiger partial charge is 0.336 e. The molecule has 0 atom stereocenters. The van der Waals surface area contributed by atoms with Gasteiger partial charge in [-0.25, -0.2) is 0 Å². The van der Waals surface area contributed by atoms with Crippen molar-refractivity contribution in [2.45, 2.75) is 6.42 Å². The maximum Gasteiger partial charge on any atom is 0.264 e. The number of fused-ring (bicyclic) bond motifs is 1. The van der Waals surface area contributed by atoms with Gasteiger partial charge in [0.25, 0.3) is 5.91 Å². The predicted octanol–water partition coefficient (Wildman–Crippen LogP) is 4.15. The molecular formula is C21H24N2OS. The van der Waals surface area contributed by atoms with Gasteiger partial charge in [-0.2, -0.15) is 0 Å². The maximum atomic E-state index is 13.1. The third-order valence-corrected chi connectivity index (χ3v) is 5.36.